The first-order valence-corrected chi connectivity index (χ1v) is 6.19. The van der Waals surface area contributed by atoms with Gasteiger partial charge in [0.15, 0.2) is 0 Å². The molecule has 4 nitrogen and oxygen atoms in total. The summed E-state index contributed by atoms with van der Waals surface area (Å²) in [6.45, 7) is 5.75. The predicted molar refractivity (Wildman–Crippen MR) is 69.4 cm³/mol. The third-order valence-electron chi connectivity index (χ3n) is 2.55. The molecule has 0 heterocycles. The number of unbranched alkanes of at least 4 members (excludes halogenated alkanes) is 1. The summed E-state index contributed by atoms with van der Waals surface area (Å²) in [5, 5.41) is 8.84. The van der Waals surface area contributed by atoms with Crippen LogP contribution in [0.4, 0.5) is 0 Å². The molecule has 0 spiro atoms. The lowest BCUT2D eigenvalue weighted by atomic mass is 10.1. The molecule has 0 aliphatic carbocycles. The summed E-state index contributed by atoms with van der Waals surface area (Å²) in [6, 6.07) is 4.84. The van der Waals surface area contributed by atoms with E-state index >= 15 is 0 Å². The molecule has 100 valence electrons. The zero-order valence-electron chi connectivity index (χ0n) is 10.9. The number of carboxylic acids is 1. The Hall–Kier alpha value is -1.55. The van der Waals surface area contributed by atoms with Gasteiger partial charge >= 0.3 is 5.97 Å². The van der Waals surface area contributed by atoms with Gasteiger partial charge in [-0.3, -0.25) is 0 Å². The molecular weight excluding hydrogens is 232 g/mol. The molecule has 4 heteroatoms. The topological polar surface area (TPSA) is 55.8 Å². The van der Waals surface area contributed by atoms with Crippen molar-refractivity contribution in [2.75, 3.05) is 19.8 Å². The molecule has 0 unspecified atom stereocenters. The van der Waals surface area contributed by atoms with E-state index in [0.717, 1.165) is 25.0 Å². The highest BCUT2D eigenvalue weighted by Crippen LogP contribution is 2.19. The zero-order chi connectivity index (χ0) is 13.4. The summed E-state index contributed by atoms with van der Waals surface area (Å²) in [5.74, 6) is -0.216. The monoisotopic (exact) mass is 252 g/mol. The van der Waals surface area contributed by atoms with Crippen LogP contribution < -0.4 is 4.74 Å². The van der Waals surface area contributed by atoms with Crippen LogP contribution in [0.3, 0.4) is 0 Å². The summed E-state index contributed by atoms with van der Waals surface area (Å²) >= 11 is 0. The van der Waals surface area contributed by atoms with Gasteiger partial charge in [0.2, 0.25) is 0 Å². The van der Waals surface area contributed by atoms with Crippen LogP contribution in [0.1, 0.15) is 35.7 Å². The molecule has 0 atom stereocenters. The lowest BCUT2D eigenvalue weighted by Gasteiger charge is -2.10. The molecule has 0 radical (unpaired) electrons. The average Bonchev–Trinajstić information content (AvgIpc) is 2.35. The number of ether oxygens (including phenoxy) is 2. The molecule has 0 aliphatic rings. The Morgan fingerprint density at radius 1 is 1.28 bits per heavy atom. The molecule has 1 aromatic carbocycles. The first-order valence-electron chi connectivity index (χ1n) is 6.19. The largest absolute Gasteiger partial charge is 0.491 e. The van der Waals surface area contributed by atoms with Crippen molar-refractivity contribution in [3.8, 4) is 5.75 Å². The minimum atomic E-state index is -0.924. The van der Waals surface area contributed by atoms with Gasteiger partial charge in [-0.1, -0.05) is 13.3 Å². The highest BCUT2D eigenvalue weighted by molar-refractivity contribution is 5.88. The number of aromatic carboxylic acids is 1. The number of hydrogen-bond donors (Lipinski definition) is 1. The fourth-order valence-electron chi connectivity index (χ4n) is 1.50. The molecule has 0 saturated heterocycles. The average molecular weight is 252 g/mol. The maximum Gasteiger partial charge on any atom is 0.335 e. The highest BCUT2D eigenvalue weighted by atomic mass is 16.5. The maximum atomic E-state index is 10.8. The van der Waals surface area contributed by atoms with Gasteiger partial charge in [0.05, 0.1) is 12.2 Å². The van der Waals surface area contributed by atoms with E-state index in [1.807, 2.05) is 6.92 Å². The molecule has 0 amide bonds. The van der Waals surface area contributed by atoms with E-state index in [4.69, 9.17) is 14.6 Å². The quantitative estimate of drug-likeness (QED) is 0.723. The van der Waals surface area contributed by atoms with Crippen molar-refractivity contribution in [3.05, 3.63) is 29.3 Å². The Kier molecular flexibility index (Phi) is 6.22. The fourth-order valence-corrected chi connectivity index (χ4v) is 1.50. The van der Waals surface area contributed by atoms with Gasteiger partial charge in [0, 0.05) is 6.61 Å². The van der Waals surface area contributed by atoms with Gasteiger partial charge in [-0.2, -0.15) is 0 Å². The standard InChI is InChI=1S/C14H20O4/c1-3-4-7-17-8-9-18-13-6-5-12(14(15)16)10-11(13)2/h5-6,10H,3-4,7-9H2,1-2H3,(H,15,16). The van der Waals surface area contributed by atoms with Gasteiger partial charge in [-0.15, -0.1) is 0 Å². The van der Waals surface area contributed by atoms with Crippen LogP contribution in [-0.4, -0.2) is 30.9 Å². The Bertz CT molecular complexity index is 387. The van der Waals surface area contributed by atoms with E-state index < -0.39 is 5.97 Å². The van der Waals surface area contributed by atoms with Crippen LogP contribution in [0, 0.1) is 6.92 Å². The molecule has 1 rings (SSSR count). The highest BCUT2D eigenvalue weighted by Gasteiger charge is 2.06. The van der Waals surface area contributed by atoms with E-state index in [1.165, 1.54) is 0 Å². The second-order valence-electron chi connectivity index (χ2n) is 4.10. The zero-order valence-corrected chi connectivity index (χ0v) is 10.9. The SMILES string of the molecule is CCCCOCCOc1ccc(C(=O)O)cc1C. The minimum Gasteiger partial charge on any atom is -0.491 e. The molecule has 0 aromatic heterocycles. The molecule has 0 saturated carbocycles. The normalized spacial score (nSPS) is 10.3. The Balaban J connectivity index is 2.36. The number of carbonyl (C=O) groups is 1. The van der Waals surface area contributed by atoms with Crippen LogP contribution in [0.2, 0.25) is 0 Å². The van der Waals surface area contributed by atoms with Crippen molar-refractivity contribution in [2.24, 2.45) is 0 Å². The number of rotatable bonds is 8. The van der Waals surface area contributed by atoms with E-state index in [1.54, 1.807) is 18.2 Å². The second-order valence-corrected chi connectivity index (χ2v) is 4.10. The Labute approximate surface area is 108 Å². The maximum absolute atomic E-state index is 10.8. The molecule has 1 N–H and O–H groups in total. The Morgan fingerprint density at radius 2 is 2.06 bits per heavy atom. The van der Waals surface area contributed by atoms with Gasteiger partial charge in [0.25, 0.3) is 0 Å². The second kappa shape index (κ2) is 7.71. The van der Waals surface area contributed by atoms with Crippen molar-refractivity contribution in [1.82, 2.24) is 0 Å². The summed E-state index contributed by atoms with van der Waals surface area (Å²) in [6.07, 6.45) is 2.18. The van der Waals surface area contributed by atoms with Gasteiger partial charge in [-0.25, -0.2) is 4.79 Å². The van der Waals surface area contributed by atoms with Gasteiger partial charge < -0.3 is 14.6 Å². The van der Waals surface area contributed by atoms with Crippen molar-refractivity contribution in [3.63, 3.8) is 0 Å². The third kappa shape index (κ3) is 4.75. The molecule has 0 aliphatic heterocycles. The van der Waals surface area contributed by atoms with Crippen LogP contribution in [-0.2, 0) is 4.74 Å². The number of benzene rings is 1. The van der Waals surface area contributed by atoms with Gasteiger partial charge in [0.1, 0.15) is 12.4 Å². The summed E-state index contributed by atoms with van der Waals surface area (Å²) in [4.78, 5) is 10.8. The first kappa shape index (κ1) is 14.5. The predicted octanol–water partition coefficient (Wildman–Crippen LogP) is 2.89. The lowest BCUT2D eigenvalue weighted by Crippen LogP contribution is -2.08. The van der Waals surface area contributed by atoms with E-state index in [9.17, 15) is 4.79 Å². The van der Waals surface area contributed by atoms with E-state index in [2.05, 4.69) is 6.92 Å². The van der Waals surface area contributed by atoms with Crippen molar-refractivity contribution < 1.29 is 19.4 Å². The Morgan fingerprint density at radius 3 is 2.67 bits per heavy atom. The van der Waals surface area contributed by atoms with Crippen LogP contribution >= 0.6 is 0 Å². The third-order valence-corrected chi connectivity index (χ3v) is 2.55. The molecule has 18 heavy (non-hydrogen) atoms. The lowest BCUT2D eigenvalue weighted by molar-refractivity contribution is 0.0696. The van der Waals surface area contributed by atoms with Gasteiger partial charge in [-0.05, 0) is 37.1 Å². The summed E-state index contributed by atoms with van der Waals surface area (Å²) < 4.78 is 10.9. The first-order chi connectivity index (χ1) is 8.65. The van der Waals surface area contributed by atoms with Crippen LogP contribution in [0.25, 0.3) is 0 Å². The van der Waals surface area contributed by atoms with Crippen LogP contribution in [0.15, 0.2) is 18.2 Å². The van der Waals surface area contributed by atoms with Crippen molar-refractivity contribution in [2.45, 2.75) is 26.7 Å². The number of carboxylic acid groups (broad SMARTS) is 1. The van der Waals surface area contributed by atoms with Crippen molar-refractivity contribution >= 4 is 5.97 Å². The summed E-state index contributed by atoms with van der Waals surface area (Å²) in [5.41, 5.74) is 1.10. The molecule has 1 aromatic rings. The molecule has 0 bridgehead atoms. The van der Waals surface area contributed by atoms with Crippen molar-refractivity contribution in [1.29, 1.82) is 0 Å². The number of aryl methyl sites for hydroxylation is 1. The van der Waals surface area contributed by atoms with E-state index in [-0.39, 0.29) is 5.56 Å². The van der Waals surface area contributed by atoms with Crippen LogP contribution in [0.5, 0.6) is 5.75 Å². The summed E-state index contributed by atoms with van der Waals surface area (Å²) in [7, 11) is 0. The molecular formula is C14H20O4. The molecule has 0 fully saturated rings. The smallest absolute Gasteiger partial charge is 0.335 e. The van der Waals surface area contributed by atoms with E-state index in [0.29, 0.717) is 19.0 Å². The minimum absolute atomic E-state index is 0.277. The number of hydrogen-bond acceptors (Lipinski definition) is 3. The fraction of sp³-hybridized carbons (Fsp3) is 0.500.